The summed E-state index contributed by atoms with van der Waals surface area (Å²) in [5.74, 6) is 1.12. The molecule has 3 nitrogen and oxygen atoms in total. The molecule has 1 aromatic rings. The van der Waals surface area contributed by atoms with Gasteiger partial charge in [0.1, 0.15) is 11.5 Å². The van der Waals surface area contributed by atoms with Gasteiger partial charge in [0.15, 0.2) is 0 Å². The first kappa shape index (κ1) is 13.7. The molecule has 0 atom stereocenters. The topological polar surface area (TPSA) is 38.3 Å². The normalized spacial score (nSPS) is 10.2. The third kappa shape index (κ3) is 5.50. The average Bonchev–Trinajstić information content (AvgIpc) is 2.37. The van der Waals surface area contributed by atoms with E-state index in [1.54, 1.807) is 7.11 Å². The zero-order valence-electron chi connectivity index (χ0n) is 10.7. The Balaban J connectivity index is 2.27. The number of carbonyl (C=O) groups excluding carboxylic acids is 1. The lowest BCUT2D eigenvalue weighted by Gasteiger charge is -2.04. The maximum Gasteiger partial charge on any atom is 0.146 e. The predicted octanol–water partition coefficient (Wildman–Crippen LogP) is 2.20. The van der Waals surface area contributed by atoms with Crippen LogP contribution < -0.4 is 10.1 Å². The van der Waals surface area contributed by atoms with Crippen LogP contribution in [0.15, 0.2) is 24.3 Å². The van der Waals surface area contributed by atoms with E-state index in [1.807, 2.05) is 24.3 Å². The Bertz CT molecular complexity index is 333. The quantitative estimate of drug-likeness (QED) is 0.702. The molecule has 1 N–H and O–H groups in total. The number of hydrogen-bond acceptors (Lipinski definition) is 3. The number of methoxy groups -OCH3 is 1. The molecular formula is C14H21NO2. The predicted molar refractivity (Wildman–Crippen MR) is 69.5 cm³/mol. The SMILES string of the molecule is CCCNCC(=O)CCc1ccc(OC)cc1. The van der Waals surface area contributed by atoms with E-state index in [1.165, 1.54) is 5.56 Å². The van der Waals surface area contributed by atoms with E-state index in [9.17, 15) is 4.79 Å². The standard InChI is InChI=1S/C14H21NO2/c1-3-10-15-11-13(16)7-4-12-5-8-14(17-2)9-6-12/h5-6,8-9,15H,3-4,7,10-11H2,1-2H3. The highest BCUT2D eigenvalue weighted by molar-refractivity contribution is 5.80. The van der Waals surface area contributed by atoms with Gasteiger partial charge in [-0.05, 0) is 37.1 Å². The minimum Gasteiger partial charge on any atom is -0.497 e. The zero-order chi connectivity index (χ0) is 12.5. The molecule has 0 saturated carbocycles. The first-order valence-corrected chi connectivity index (χ1v) is 6.11. The van der Waals surface area contributed by atoms with E-state index >= 15 is 0 Å². The van der Waals surface area contributed by atoms with Crippen LogP contribution in [0.1, 0.15) is 25.3 Å². The van der Waals surface area contributed by atoms with Gasteiger partial charge >= 0.3 is 0 Å². The average molecular weight is 235 g/mol. The monoisotopic (exact) mass is 235 g/mol. The molecule has 0 aliphatic rings. The van der Waals surface area contributed by atoms with Crippen LogP contribution in [0.3, 0.4) is 0 Å². The highest BCUT2D eigenvalue weighted by atomic mass is 16.5. The summed E-state index contributed by atoms with van der Waals surface area (Å²) in [5.41, 5.74) is 1.18. The lowest BCUT2D eigenvalue weighted by molar-refractivity contribution is -0.118. The van der Waals surface area contributed by atoms with E-state index in [-0.39, 0.29) is 5.78 Å². The van der Waals surface area contributed by atoms with E-state index in [2.05, 4.69) is 12.2 Å². The molecule has 0 aliphatic carbocycles. The molecule has 0 heterocycles. The third-order valence-electron chi connectivity index (χ3n) is 2.60. The summed E-state index contributed by atoms with van der Waals surface area (Å²) in [5, 5.41) is 3.12. The molecule has 0 radical (unpaired) electrons. The molecule has 0 amide bonds. The van der Waals surface area contributed by atoms with Gasteiger partial charge in [-0.2, -0.15) is 0 Å². The van der Waals surface area contributed by atoms with Crippen LogP contribution in [0.5, 0.6) is 5.75 Å². The van der Waals surface area contributed by atoms with Gasteiger partial charge in [-0.15, -0.1) is 0 Å². The van der Waals surface area contributed by atoms with Gasteiger partial charge in [0.25, 0.3) is 0 Å². The van der Waals surface area contributed by atoms with Crippen molar-refractivity contribution in [3.05, 3.63) is 29.8 Å². The highest BCUT2D eigenvalue weighted by Gasteiger charge is 2.02. The molecule has 0 unspecified atom stereocenters. The number of ketones is 1. The van der Waals surface area contributed by atoms with Gasteiger partial charge in [0.05, 0.1) is 13.7 Å². The van der Waals surface area contributed by atoms with Gasteiger partial charge in [0.2, 0.25) is 0 Å². The van der Waals surface area contributed by atoms with Crippen molar-refractivity contribution in [3.8, 4) is 5.75 Å². The van der Waals surface area contributed by atoms with Crippen LogP contribution in [-0.2, 0) is 11.2 Å². The number of carbonyl (C=O) groups is 1. The van der Waals surface area contributed by atoms with Crippen molar-refractivity contribution in [2.24, 2.45) is 0 Å². The van der Waals surface area contributed by atoms with Crippen molar-refractivity contribution in [1.82, 2.24) is 5.32 Å². The summed E-state index contributed by atoms with van der Waals surface area (Å²) in [4.78, 5) is 11.5. The molecule has 0 bridgehead atoms. The second-order valence-electron chi connectivity index (χ2n) is 4.06. The Morgan fingerprint density at radius 2 is 2.00 bits per heavy atom. The molecule has 94 valence electrons. The zero-order valence-corrected chi connectivity index (χ0v) is 10.7. The molecule has 0 aromatic heterocycles. The lowest BCUT2D eigenvalue weighted by Crippen LogP contribution is -2.23. The summed E-state index contributed by atoms with van der Waals surface area (Å²) in [6.07, 6.45) is 2.46. The number of benzene rings is 1. The Morgan fingerprint density at radius 1 is 1.29 bits per heavy atom. The molecule has 3 heteroatoms. The number of hydrogen-bond donors (Lipinski definition) is 1. The van der Waals surface area contributed by atoms with Gasteiger partial charge in [-0.1, -0.05) is 19.1 Å². The molecule has 0 aliphatic heterocycles. The van der Waals surface area contributed by atoms with Gasteiger partial charge in [-0.3, -0.25) is 4.79 Å². The fourth-order valence-electron chi connectivity index (χ4n) is 1.57. The maximum absolute atomic E-state index is 11.5. The summed E-state index contributed by atoms with van der Waals surface area (Å²) in [6, 6.07) is 7.86. The largest absolute Gasteiger partial charge is 0.497 e. The van der Waals surface area contributed by atoms with E-state index < -0.39 is 0 Å². The summed E-state index contributed by atoms with van der Waals surface area (Å²) >= 11 is 0. The lowest BCUT2D eigenvalue weighted by atomic mass is 10.1. The minimum atomic E-state index is 0.272. The summed E-state index contributed by atoms with van der Waals surface area (Å²) in [6.45, 7) is 3.49. The van der Waals surface area contributed by atoms with Crippen molar-refractivity contribution < 1.29 is 9.53 Å². The summed E-state index contributed by atoms with van der Waals surface area (Å²) in [7, 11) is 1.65. The fourth-order valence-corrected chi connectivity index (χ4v) is 1.57. The Hall–Kier alpha value is -1.35. The Kier molecular flexibility index (Phi) is 6.33. The van der Waals surface area contributed by atoms with E-state index in [0.29, 0.717) is 13.0 Å². The Labute approximate surface area is 103 Å². The number of Topliss-reactive ketones (excluding diaryl/α,β-unsaturated/α-hetero) is 1. The first-order chi connectivity index (χ1) is 8.26. The van der Waals surface area contributed by atoms with Crippen molar-refractivity contribution in [1.29, 1.82) is 0 Å². The van der Waals surface area contributed by atoms with Crippen molar-refractivity contribution in [2.45, 2.75) is 26.2 Å². The molecule has 1 rings (SSSR count). The molecule has 17 heavy (non-hydrogen) atoms. The molecule has 0 saturated heterocycles. The smallest absolute Gasteiger partial charge is 0.146 e. The van der Waals surface area contributed by atoms with Gasteiger partial charge < -0.3 is 10.1 Å². The van der Waals surface area contributed by atoms with E-state index in [0.717, 1.165) is 25.1 Å². The van der Waals surface area contributed by atoms with Crippen LogP contribution in [-0.4, -0.2) is 26.0 Å². The van der Waals surface area contributed by atoms with Crippen LogP contribution in [0.4, 0.5) is 0 Å². The first-order valence-electron chi connectivity index (χ1n) is 6.11. The molecule has 0 spiro atoms. The van der Waals surface area contributed by atoms with Crippen molar-refractivity contribution >= 4 is 5.78 Å². The second-order valence-corrected chi connectivity index (χ2v) is 4.06. The molecular weight excluding hydrogens is 214 g/mol. The number of nitrogens with one attached hydrogen (secondary N) is 1. The van der Waals surface area contributed by atoms with Crippen molar-refractivity contribution in [3.63, 3.8) is 0 Å². The van der Waals surface area contributed by atoms with Crippen LogP contribution in [0.25, 0.3) is 0 Å². The summed E-state index contributed by atoms with van der Waals surface area (Å²) < 4.78 is 5.08. The van der Waals surface area contributed by atoms with Gasteiger partial charge in [-0.25, -0.2) is 0 Å². The minimum absolute atomic E-state index is 0.272. The molecule has 0 fully saturated rings. The maximum atomic E-state index is 11.5. The number of aryl methyl sites for hydroxylation is 1. The number of rotatable bonds is 8. The highest BCUT2D eigenvalue weighted by Crippen LogP contribution is 2.12. The van der Waals surface area contributed by atoms with E-state index in [4.69, 9.17) is 4.74 Å². The van der Waals surface area contributed by atoms with Crippen LogP contribution in [0.2, 0.25) is 0 Å². The third-order valence-corrected chi connectivity index (χ3v) is 2.60. The number of ether oxygens (including phenoxy) is 1. The van der Waals surface area contributed by atoms with Crippen LogP contribution in [0, 0.1) is 0 Å². The van der Waals surface area contributed by atoms with Gasteiger partial charge in [0, 0.05) is 6.42 Å². The Morgan fingerprint density at radius 3 is 2.59 bits per heavy atom. The van der Waals surface area contributed by atoms with Crippen molar-refractivity contribution in [2.75, 3.05) is 20.2 Å². The molecule has 1 aromatic carbocycles. The fraction of sp³-hybridized carbons (Fsp3) is 0.500. The van der Waals surface area contributed by atoms with Crippen LogP contribution >= 0.6 is 0 Å². The second kappa shape index (κ2) is 7.85.